The van der Waals surface area contributed by atoms with Crippen LogP contribution in [0.2, 0.25) is 0 Å². The van der Waals surface area contributed by atoms with Gasteiger partial charge in [-0.2, -0.15) is 0 Å². The standard InChI is InChI=1S/C18H18F2N4O3/c1-18-6-23(5-9(18)22-18)15-11(19)13(21)10-14(12(15)20)24(7-2-3-7)4-8(16(10)25)17(26)27/h4,7,9,22H,2-3,5-6,21H2,1H3,(H,26,27). The van der Waals surface area contributed by atoms with Gasteiger partial charge in [0.05, 0.1) is 22.1 Å². The Bertz CT molecular complexity index is 1090. The summed E-state index contributed by atoms with van der Waals surface area (Å²) in [6.45, 7) is 2.85. The van der Waals surface area contributed by atoms with Crippen molar-refractivity contribution >= 4 is 28.2 Å². The molecule has 5 rings (SSSR count). The van der Waals surface area contributed by atoms with E-state index in [-0.39, 0.29) is 28.8 Å². The number of rotatable bonds is 3. The summed E-state index contributed by atoms with van der Waals surface area (Å²) in [7, 11) is 0. The van der Waals surface area contributed by atoms with Gasteiger partial charge in [-0.3, -0.25) is 4.79 Å². The molecule has 0 radical (unpaired) electrons. The van der Waals surface area contributed by atoms with Gasteiger partial charge in [0.15, 0.2) is 11.6 Å². The van der Waals surface area contributed by atoms with E-state index in [1.54, 1.807) is 4.90 Å². The number of benzene rings is 1. The number of nitrogens with one attached hydrogen (secondary N) is 1. The van der Waals surface area contributed by atoms with Gasteiger partial charge in [0.2, 0.25) is 5.43 Å². The van der Waals surface area contributed by atoms with Crippen LogP contribution >= 0.6 is 0 Å². The second kappa shape index (κ2) is 4.98. The lowest BCUT2D eigenvalue weighted by Gasteiger charge is -2.25. The summed E-state index contributed by atoms with van der Waals surface area (Å²) in [5.41, 5.74) is 3.38. The minimum absolute atomic E-state index is 0.111. The van der Waals surface area contributed by atoms with Gasteiger partial charge >= 0.3 is 5.97 Å². The van der Waals surface area contributed by atoms with Crippen LogP contribution in [0, 0.1) is 11.6 Å². The number of aromatic carboxylic acids is 1. The van der Waals surface area contributed by atoms with Crippen LogP contribution < -0.4 is 21.4 Å². The Morgan fingerprint density at radius 1 is 1.37 bits per heavy atom. The van der Waals surface area contributed by atoms with E-state index >= 15 is 8.78 Å². The molecular formula is C18H18F2N4O3. The molecule has 1 aromatic heterocycles. The summed E-state index contributed by atoms with van der Waals surface area (Å²) < 4.78 is 32.0. The first kappa shape index (κ1) is 16.5. The summed E-state index contributed by atoms with van der Waals surface area (Å²) in [4.78, 5) is 25.6. The van der Waals surface area contributed by atoms with Crippen molar-refractivity contribution in [2.45, 2.75) is 37.4 Å². The smallest absolute Gasteiger partial charge is 0.341 e. The maximum Gasteiger partial charge on any atom is 0.341 e. The summed E-state index contributed by atoms with van der Waals surface area (Å²) in [5, 5.41) is 12.2. The van der Waals surface area contributed by atoms with Gasteiger partial charge in [-0.15, -0.1) is 0 Å². The van der Waals surface area contributed by atoms with Gasteiger partial charge in [0.25, 0.3) is 0 Å². The van der Waals surface area contributed by atoms with Crippen LogP contribution in [0.4, 0.5) is 20.2 Å². The van der Waals surface area contributed by atoms with Crippen LogP contribution in [0.25, 0.3) is 10.9 Å². The maximum atomic E-state index is 15.5. The first-order valence-corrected chi connectivity index (χ1v) is 8.84. The Morgan fingerprint density at radius 2 is 2.07 bits per heavy atom. The van der Waals surface area contributed by atoms with Gasteiger partial charge in [0.1, 0.15) is 11.3 Å². The second-order valence-corrected chi connectivity index (χ2v) is 7.92. The zero-order chi connectivity index (χ0) is 19.2. The lowest BCUT2D eigenvalue weighted by Crippen LogP contribution is -2.33. The molecule has 3 aliphatic rings. The highest BCUT2D eigenvalue weighted by Crippen LogP contribution is 2.44. The molecule has 9 heteroatoms. The largest absolute Gasteiger partial charge is 0.477 e. The Labute approximate surface area is 152 Å². The summed E-state index contributed by atoms with van der Waals surface area (Å²) >= 11 is 0. The Hall–Kier alpha value is -2.68. The molecule has 3 fully saturated rings. The number of aromatic nitrogens is 1. The van der Waals surface area contributed by atoms with E-state index in [1.807, 2.05) is 6.92 Å². The number of carbonyl (C=O) groups is 1. The molecule has 2 unspecified atom stereocenters. The van der Waals surface area contributed by atoms with Crippen molar-refractivity contribution in [2.24, 2.45) is 0 Å². The number of nitrogens with zero attached hydrogens (tertiary/aromatic N) is 2. The topological polar surface area (TPSA) is 110 Å². The Kier molecular flexibility index (Phi) is 3.04. The number of anilines is 2. The number of hydrogen-bond donors (Lipinski definition) is 3. The van der Waals surface area contributed by atoms with Gasteiger partial charge in [-0.05, 0) is 19.8 Å². The number of nitrogens with two attached hydrogens (primary N) is 1. The van der Waals surface area contributed by atoms with E-state index < -0.39 is 39.7 Å². The van der Waals surface area contributed by atoms with E-state index in [9.17, 15) is 14.7 Å². The van der Waals surface area contributed by atoms with Crippen LogP contribution in [0.5, 0.6) is 0 Å². The normalized spacial score (nSPS) is 26.5. The molecule has 4 N–H and O–H groups in total. The van der Waals surface area contributed by atoms with Crippen molar-refractivity contribution in [3.63, 3.8) is 0 Å². The SMILES string of the molecule is CC12CN(c3c(F)c(N)c4c(=O)c(C(=O)O)cn(C5CC5)c4c3F)CC1N2. The molecular weight excluding hydrogens is 358 g/mol. The van der Waals surface area contributed by atoms with Gasteiger partial charge in [-0.25, -0.2) is 13.6 Å². The average molecular weight is 376 g/mol. The zero-order valence-corrected chi connectivity index (χ0v) is 14.6. The highest BCUT2D eigenvalue weighted by atomic mass is 19.1. The fraction of sp³-hybridized carbons (Fsp3) is 0.444. The van der Waals surface area contributed by atoms with Crippen molar-refractivity contribution in [1.29, 1.82) is 0 Å². The number of piperazine rings is 1. The number of fused-ring (bicyclic) bond motifs is 2. The third kappa shape index (κ3) is 2.14. The number of nitrogen functional groups attached to an aromatic ring is 1. The minimum atomic E-state index is -1.45. The van der Waals surface area contributed by atoms with Crippen molar-refractivity contribution in [3.8, 4) is 0 Å². The molecule has 3 heterocycles. The van der Waals surface area contributed by atoms with Gasteiger partial charge in [0, 0.05) is 31.4 Å². The van der Waals surface area contributed by atoms with Crippen molar-refractivity contribution in [3.05, 3.63) is 33.6 Å². The van der Waals surface area contributed by atoms with Crippen LogP contribution in [0.3, 0.4) is 0 Å². The molecule has 27 heavy (non-hydrogen) atoms. The van der Waals surface area contributed by atoms with Crippen LogP contribution in [0.1, 0.15) is 36.2 Å². The lowest BCUT2D eigenvalue weighted by molar-refractivity contribution is 0.0695. The third-order valence-electron chi connectivity index (χ3n) is 5.96. The number of carboxylic acid groups (broad SMARTS) is 1. The molecule has 1 saturated carbocycles. The minimum Gasteiger partial charge on any atom is -0.477 e. The predicted octanol–water partition coefficient (Wildman–Crippen LogP) is 1.45. The van der Waals surface area contributed by atoms with Crippen molar-refractivity contribution in [1.82, 2.24) is 9.88 Å². The van der Waals surface area contributed by atoms with Gasteiger partial charge in [-0.1, -0.05) is 0 Å². The molecule has 7 nitrogen and oxygen atoms in total. The molecule has 2 aromatic rings. The van der Waals surface area contributed by atoms with Crippen LogP contribution in [-0.4, -0.2) is 40.3 Å². The summed E-state index contributed by atoms with van der Waals surface area (Å²) in [5.74, 6) is -3.31. The highest BCUT2D eigenvalue weighted by molar-refractivity contribution is 5.99. The monoisotopic (exact) mass is 376 g/mol. The first-order chi connectivity index (χ1) is 12.7. The third-order valence-corrected chi connectivity index (χ3v) is 5.96. The highest BCUT2D eigenvalue weighted by Gasteiger charge is 2.57. The Morgan fingerprint density at radius 3 is 2.63 bits per heavy atom. The molecule has 1 aliphatic carbocycles. The van der Waals surface area contributed by atoms with E-state index in [0.29, 0.717) is 13.1 Å². The number of halogens is 2. The lowest BCUT2D eigenvalue weighted by atomic mass is 10.1. The number of hydrogen-bond acceptors (Lipinski definition) is 5. The van der Waals surface area contributed by atoms with Crippen LogP contribution in [-0.2, 0) is 0 Å². The Balaban J connectivity index is 1.82. The van der Waals surface area contributed by atoms with E-state index in [2.05, 4.69) is 5.32 Å². The van der Waals surface area contributed by atoms with Gasteiger partial charge < -0.3 is 25.6 Å². The second-order valence-electron chi connectivity index (χ2n) is 7.92. The van der Waals surface area contributed by atoms with E-state index in [0.717, 1.165) is 19.0 Å². The zero-order valence-electron chi connectivity index (χ0n) is 14.6. The molecule has 2 atom stereocenters. The predicted molar refractivity (Wildman–Crippen MR) is 95.3 cm³/mol. The van der Waals surface area contributed by atoms with Crippen molar-refractivity contribution < 1.29 is 18.7 Å². The summed E-state index contributed by atoms with van der Waals surface area (Å²) in [6.07, 6.45) is 2.62. The molecule has 2 aliphatic heterocycles. The number of pyridine rings is 1. The first-order valence-electron chi connectivity index (χ1n) is 8.84. The molecule has 0 bridgehead atoms. The van der Waals surface area contributed by atoms with E-state index in [4.69, 9.17) is 5.73 Å². The summed E-state index contributed by atoms with van der Waals surface area (Å²) in [6, 6.07) is 0.0396. The number of carboxylic acids is 1. The molecule has 142 valence electrons. The fourth-order valence-electron chi connectivity index (χ4n) is 4.23. The average Bonchev–Trinajstić information content (AvgIpc) is 3.51. The molecule has 2 saturated heterocycles. The maximum absolute atomic E-state index is 15.5. The molecule has 0 spiro atoms. The van der Waals surface area contributed by atoms with Crippen LogP contribution in [0.15, 0.2) is 11.0 Å². The van der Waals surface area contributed by atoms with Crippen molar-refractivity contribution in [2.75, 3.05) is 23.7 Å². The molecule has 1 aromatic carbocycles. The fourth-order valence-corrected chi connectivity index (χ4v) is 4.23. The van der Waals surface area contributed by atoms with E-state index in [1.165, 1.54) is 4.57 Å². The molecule has 0 amide bonds. The quantitative estimate of drug-likeness (QED) is 0.552.